The zero-order valence-electron chi connectivity index (χ0n) is 13.5. The average molecular weight is 321 g/mol. The predicted octanol–water partition coefficient (Wildman–Crippen LogP) is 2.92. The van der Waals surface area contributed by atoms with Gasteiger partial charge in [-0.1, -0.05) is 37.1 Å². The van der Waals surface area contributed by atoms with Gasteiger partial charge in [0, 0.05) is 12.5 Å². The topological polar surface area (TPSA) is 49.8 Å². The van der Waals surface area contributed by atoms with Gasteiger partial charge >= 0.3 is 0 Å². The summed E-state index contributed by atoms with van der Waals surface area (Å²) in [6.07, 6.45) is 6.23. The number of benzene rings is 2. The lowest BCUT2D eigenvalue weighted by Gasteiger charge is -2.33. The first-order valence-corrected chi connectivity index (χ1v) is 7.94. The van der Waals surface area contributed by atoms with Crippen LogP contribution in [-0.2, 0) is 17.6 Å². The van der Waals surface area contributed by atoms with Gasteiger partial charge in [0.25, 0.3) is 5.91 Å². The SMILES string of the molecule is C#CCN1C(=O)C(Cc2ccc(CC)cc2)Oc2ccc(O)cc21. The van der Waals surface area contributed by atoms with Crippen LogP contribution in [0.5, 0.6) is 11.5 Å². The van der Waals surface area contributed by atoms with E-state index in [1.54, 1.807) is 6.07 Å². The van der Waals surface area contributed by atoms with Crippen molar-refractivity contribution in [1.82, 2.24) is 0 Å². The highest BCUT2D eigenvalue weighted by atomic mass is 16.5. The number of carbonyl (C=O) groups excluding carboxylic acids is 1. The van der Waals surface area contributed by atoms with Crippen LogP contribution in [0.15, 0.2) is 42.5 Å². The van der Waals surface area contributed by atoms with Crippen LogP contribution in [0.4, 0.5) is 5.69 Å². The molecule has 1 heterocycles. The predicted molar refractivity (Wildman–Crippen MR) is 93.2 cm³/mol. The van der Waals surface area contributed by atoms with Crippen molar-refractivity contribution in [1.29, 1.82) is 0 Å². The number of anilines is 1. The van der Waals surface area contributed by atoms with Crippen LogP contribution >= 0.6 is 0 Å². The third kappa shape index (κ3) is 3.07. The third-order valence-corrected chi connectivity index (χ3v) is 4.15. The summed E-state index contributed by atoms with van der Waals surface area (Å²) >= 11 is 0. The van der Waals surface area contributed by atoms with Crippen molar-refractivity contribution in [3.63, 3.8) is 0 Å². The highest BCUT2D eigenvalue weighted by molar-refractivity contribution is 6.00. The summed E-state index contributed by atoms with van der Waals surface area (Å²) in [5, 5.41) is 9.67. The van der Waals surface area contributed by atoms with E-state index in [-0.39, 0.29) is 18.2 Å². The van der Waals surface area contributed by atoms with E-state index in [9.17, 15) is 9.90 Å². The summed E-state index contributed by atoms with van der Waals surface area (Å²) in [7, 11) is 0. The lowest BCUT2D eigenvalue weighted by atomic mass is 10.0. The fraction of sp³-hybridized carbons (Fsp3) is 0.250. The maximum atomic E-state index is 12.7. The molecule has 2 aromatic carbocycles. The van der Waals surface area contributed by atoms with Crippen LogP contribution in [0.1, 0.15) is 18.1 Å². The van der Waals surface area contributed by atoms with Crippen LogP contribution in [-0.4, -0.2) is 23.7 Å². The Labute approximate surface area is 141 Å². The molecule has 0 radical (unpaired) electrons. The van der Waals surface area contributed by atoms with Crippen molar-refractivity contribution in [2.45, 2.75) is 25.9 Å². The Morgan fingerprint density at radius 3 is 2.58 bits per heavy atom. The monoisotopic (exact) mass is 321 g/mol. The number of nitrogens with zero attached hydrogens (tertiary/aromatic N) is 1. The van der Waals surface area contributed by atoms with Gasteiger partial charge in [-0.05, 0) is 29.7 Å². The lowest BCUT2D eigenvalue weighted by molar-refractivity contribution is -0.126. The second-order valence-corrected chi connectivity index (χ2v) is 5.76. The summed E-state index contributed by atoms with van der Waals surface area (Å²) < 4.78 is 5.87. The van der Waals surface area contributed by atoms with Gasteiger partial charge < -0.3 is 9.84 Å². The molecule has 1 N–H and O–H groups in total. The molecule has 0 saturated heterocycles. The summed E-state index contributed by atoms with van der Waals surface area (Å²) in [5.41, 5.74) is 2.80. The van der Waals surface area contributed by atoms with Crippen LogP contribution in [0, 0.1) is 12.3 Å². The highest BCUT2D eigenvalue weighted by Gasteiger charge is 2.34. The Morgan fingerprint density at radius 2 is 1.92 bits per heavy atom. The minimum absolute atomic E-state index is 0.0702. The Bertz CT molecular complexity index is 790. The molecule has 0 aliphatic carbocycles. The largest absolute Gasteiger partial charge is 0.508 e. The van der Waals surface area contributed by atoms with Gasteiger partial charge in [-0.25, -0.2) is 0 Å². The molecule has 3 rings (SSSR count). The van der Waals surface area contributed by atoms with Crippen molar-refractivity contribution < 1.29 is 14.6 Å². The van der Waals surface area contributed by atoms with Crippen molar-refractivity contribution >= 4 is 11.6 Å². The molecule has 1 aliphatic heterocycles. The van der Waals surface area contributed by atoms with Gasteiger partial charge in [0.05, 0.1) is 12.2 Å². The van der Waals surface area contributed by atoms with Gasteiger partial charge in [-0.2, -0.15) is 0 Å². The number of hydrogen-bond donors (Lipinski definition) is 1. The standard InChI is InChI=1S/C20H19NO3/c1-3-11-21-17-13-16(22)9-10-18(17)24-19(20(21)23)12-15-7-5-14(4-2)6-8-15/h1,5-10,13,19,22H,4,11-12H2,2H3. The number of carbonyl (C=O) groups is 1. The van der Waals surface area contributed by atoms with Crippen LogP contribution in [0.3, 0.4) is 0 Å². The molecule has 24 heavy (non-hydrogen) atoms. The van der Waals surface area contributed by atoms with E-state index in [1.807, 2.05) is 12.1 Å². The lowest BCUT2D eigenvalue weighted by Crippen LogP contribution is -2.47. The Balaban J connectivity index is 1.88. The minimum atomic E-state index is -0.622. The van der Waals surface area contributed by atoms with E-state index in [2.05, 4.69) is 25.0 Å². The smallest absolute Gasteiger partial charge is 0.269 e. The first-order valence-electron chi connectivity index (χ1n) is 7.94. The molecule has 0 fully saturated rings. The van der Waals surface area contributed by atoms with Crippen molar-refractivity contribution in [3.8, 4) is 23.8 Å². The van der Waals surface area contributed by atoms with E-state index in [0.29, 0.717) is 17.9 Å². The number of phenols is 1. The quantitative estimate of drug-likeness (QED) is 0.881. The summed E-state index contributed by atoms with van der Waals surface area (Å²) in [6, 6.07) is 12.9. The van der Waals surface area contributed by atoms with E-state index in [0.717, 1.165) is 12.0 Å². The molecule has 1 amide bonds. The molecule has 1 unspecified atom stereocenters. The molecule has 0 saturated carbocycles. The molecule has 4 heteroatoms. The van der Waals surface area contributed by atoms with E-state index < -0.39 is 6.10 Å². The maximum absolute atomic E-state index is 12.7. The maximum Gasteiger partial charge on any atom is 0.269 e. The van der Waals surface area contributed by atoms with Gasteiger partial charge in [0.15, 0.2) is 6.10 Å². The number of hydrogen-bond acceptors (Lipinski definition) is 3. The average Bonchev–Trinajstić information content (AvgIpc) is 2.60. The fourth-order valence-electron chi connectivity index (χ4n) is 2.82. The number of phenolic OH excluding ortho intramolecular Hbond substituents is 1. The minimum Gasteiger partial charge on any atom is -0.508 e. The molecule has 0 bridgehead atoms. The third-order valence-electron chi connectivity index (χ3n) is 4.15. The van der Waals surface area contributed by atoms with Gasteiger partial charge in [0.1, 0.15) is 11.5 Å². The van der Waals surface area contributed by atoms with Crippen molar-refractivity contribution in [2.75, 3.05) is 11.4 Å². The number of ether oxygens (including phenoxy) is 1. The van der Waals surface area contributed by atoms with Gasteiger partial charge in [0.2, 0.25) is 0 Å². The zero-order valence-corrected chi connectivity index (χ0v) is 13.5. The molecule has 1 aliphatic rings. The number of terminal acetylenes is 1. The number of aryl methyl sites for hydroxylation is 1. The second-order valence-electron chi connectivity index (χ2n) is 5.76. The Morgan fingerprint density at radius 1 is 1.21 bits per heavy atom. The summed E-state index contributed by atoms with van der Waals surface area (Å²) in [4.78, 5) is 14.2. The summed E-state index contributed by atoms with van der Waals surface area (Å²) in [6.45, 7) is 2.25. The first kappa shape index (κ1) is 15.9. The Hall–Kier alpha value is -2.93. The van der Waals surface area contributed by atoms with Gasteiger partial charge in [-0.15, -0.1) is 6.42 Å². The molecular formula is C20H19NO3. The molecule has 0 aromatic heterocycles. The molecule has 1 atom stereocenters. The van der Waals surface area contributed by atoms with Crippen LogP contribution in [0.25, 0.3) is 0 Å². The number of aromatic hydroxyl groups is 1. The van der Waals surface area contributed by atoms with E-state index in [4.69, 9.17) is 11.2 Å². The molecule has 0 spiro atoms. The molecule has 4 nitrogen and oxygen atoms in total. The Kier molecular flexibility index (Phi) is 4.43. The highest BCUT2D eigenvalue weighted by Crippen LogP contribution is 2.37. The normalized spacial score (nSPS) is 16.2. The number of fused-ring (bicyclic) bond motifs is 1. The van der Waals surface area contributed by atoms with Crippen molar-refractivity contribution in [2.24, 2.45) is 0 Å². The number of rotatable bonds is 4. The van der Waals surface area contributed by atoms with Crippen LogP contribution < -0.4 is 9.64 Å². The number of amides is 1. The molecule has 122 valence electrons. The summed E-state index contributed by atoms with van der Waals surface area (Å²) in [5.74, 6) is 2.93. The van der Waals surface area contributed by atoms with Crippen LogP contribution in [0.2, 0.25) is 0 Å². The first-order chi connectivity index (χ1) is 11.6. The molecule has 2 aromatic rings. The second kappa shape index (κ2) is 6.67. The van der Waals surface area contributed by atoms with Crippen molar-refractivity contribution in [3.05, 3.63) is 53.6 Å². The van der Waals surface area contributed by atoms with E-state index in [1.165, 1.54) is 22.6 Å². The molecular weight excluding hydrogens is 302 g/mol. The fourth-order valence-corrected chi connectivity index (χ4v) is 2.82. The van der Waals surface area contributed by atoms with Gasteiger partial charge in [-0.3, -0.25) is 9.69 Å². The van der Waals surface area contributed by atoms with E-state index >= 15 is 0 Å². The zero-order chi connectivity index (χ0) is 17.1.